The number of benzene rings is 2. The Morgan fingerprint density at radius 2 is 1.95 bits per heavy atom. The molecule has 6 heteroatoms. The molecule has 0 spiro atoms. The fourth-order valence-corrected chi connectivity index (χ4v) is 2.47. The minimum Gasteiger partial charge on any atom is -0.507 e. The van der Waals surface area contributed by atoms with Crippen molar-refractivity contribution in [3.63, 3.8) is 0 Å². The zero-order valence-electron chi connectivity index (χ0n) is 9.61. The van der Waals surface area contributed by atoms with E-state index in [1.54, 1.807) is 18.2 Å². The number of phenolic OH excluding ortho intramolecular Hbond substituents is 1. The van der Waals surface area contributed by atoms with Gasteiger partial charge in [-0.25, -0.2) is 0 Å². The SMILES string of the molecule is N#Cc1ccc([N+](=O)[O-])c(Sc2ccccc2O)c1. The number of para-hydroxylation sites is 1. The molecule has 0 aliphatic heterocycles. The molecule has 0 bridgehead atoms. The van der Waals surface area contributed by atoms with Crippen LogP contribution in [0.3, 0.4) is 0 Å². The topological polar surface area (TPSA) is 87.2 Å². The third kappa shape index (κ3) is 2.84. The Kier molecular flexibility index (Phi) is 3.68. The van der Waals surface area contributed by atoms with E-state index < -0.39 is 4.92 Å². The summed E-state index contributed by atoms with van der Waals surface area (Å²) in [6.45, 7) is 0. The first kappa shape index (κ1) is 12.9. The number of nitro benzene ring substituents is 1. The molecule has 0 aliphatic rings. The average molecular weight is 272 g/mol. The summed E-state index contributed by atoms with van der Waals surface area (Å²) in [5, 5.41) is 29.4. The maximum atomic E-state index is 10.9. The standard InChI is InChI=1S/C13H8N2O3S/c14-8-9-5-6-10(15(17)18)13(7-9)19-12-4-2-1-3-11(12)16/h1-7,16H. The molecular formula is C13H8N2O3S. The molecule has 0 amide bonds. The highest BCUT2D eigenvalue weighted by Gasteiger charge is 2.16. The van der Waals surface area contributed by atoms with Crippen molar-refractivity contribution in [1.82, 2.24) is 0 Å². The van der Waals surface area contributed by atoms with Crippen LogP contribution in [0.25, 0.3) is 0 Å². The van der Waals surface area contributed by atoms with Crippen LogP contribution in [-0.2, 0) is 0 Å². The van der Waals surface area contributed by atoms with Crippen molar-refractivity contribution in [1.29, 1.82) is 5.26 Å². The van der Waals surface area contributed by atoms with Crippen molar-refractivity contribution in [2.75, 3.05) is 0 Å². The highest BCUT2D eigenvalue weighted by atomic mass is 32.2. The normalized spacial score (nSPS) is 9.84. The fourth-order valence-electron chi connectivity index (χ4n) is 1.48. The molecule has 1 N–H and O–H groups in total. The van der Waals surface area contributed by atoms with E-state index in [0.717, 1.165) is 11.8 Å². The summed E-state index contributed by atoms with van der Waals surface area (Å²) in [6.07, 6.45) is 0. The Bertz CT molecular complexity index is 680. The van der Waals surface area contributed by atoms with Crippen LogP contribution in [0.5, 0.6) is 5.75 Å². The Hall–Kier alpha value is -2.52. The van der Waals surface area contributed by atoms with Crippen molar-refractivity contribution in [3.8, 4) is 11.8 Å². The molecule has 0 saturated carbocycles. The van der Waals surface area contributed by atoms with Gasteiger partial charge in [-0.1, -0.05) is 23.9 Å². The van der Waals surface area contributed by atoms with Gasteiger partial charge < -0.3 is 5.11 Å². The average Bonchev–Trinajstić information content (AvgIpc) is 2.41. The summed E-state index contributed by atoms with van der Waals surface area (Å²) in [4.78, 5) is 11.3. The number of nitro groups is 1. The summed E-state index contributed by atoms with van der Waals surface area (Å²) in [5.41, 5.74) is 0.246. The van der Waals surface area contributed by atoms with Gasteiger partial charge in [0.2, 0.25) is 0 Å². The highest BCUT2D eigenvalue weighted by molar-refractivity contribution is 7.99. The van der Waals surface area contributed by atoms with Crippen LogP contribution in [0.2, 0.25) is 0 Å². The van der Waals surface area contributed by atoms with E-state index in [4.69, 9.17) is 5.26 Å². The number of phenols is 1. The molecule has 0 fully saturated rings. The number of hydrogen-bond acceptors (Lipinski definition) is 5. The molecule has 0 unspecified atom stereocenters. The predicted octanol–water partition coefficient (Wildman–Crippen LogP) is 3.32. The first-order valence-corrected chi connectivity index (χ1v) is 6.08. The molecule has 5 nitrogen and oxygen atoms in total. The maximum Gasteiger partial charge on any atom is 0.283 e. The molecule has 0 heterocycles. The van der Waals surface area contributed by atoms with E-state index in [1.165, 1.54) is 24.3 Å². The first-order chi connectivity index (χ1) is 9.11. The lowest BCUT2D eigenvalue weighted by Gasteiger charge is -2.05. The Balaban J connectivity index is 2.46. The lowest BCUT2D eigenvalue weighted by Crippen LogP contribution is -1.91. The largest absolute Gasteiger partial charge is 0.507 e. The van der Waals surface area contributed by atoms with Gasteiger partial charge in [0.25, 0.3) is 5.69 Å². The van der Waals surface area contributed by atoms with Crippen molar-refractivity contribution >= 4 is 17.4 Å². The summed E-state index contributed by atoms with van der Waals surface area (Å²) < 4.78 is 0. The lowest BCUT2D eigenvalue weighted by molar-refractivity contribution is -0.387. The van der Waals surface area contributed by atoms with Gasteiger partial charge >= 0.3 is 0 Å². The third-order valence-corrected chi connectivity index (χ3v) is 3.48. The van der Waals surface area contributed by atoms with Gasteiger partial charge in [0.15, 0.2) is 0 Å². The molecule has 2 aromatic rings. The summed E-state index contributed by atoms with van der Waals surface area (Å²) in [5.74, 6) is 0.0455. The van der Waals surface area contributed by atoms with E-state index in [9.17, 15) is 15.2 Å². The van der Waals surface area contributed by atoms with Crippen LogP contribution in [0, 0.1) is 21.4 Å². The van der Waals surface area contributed by atoms with Crippen molar-refractivity contribution in [2.45, 2.75) is 9.79 Å². The van der Waals surface area contributed by atoms with Crippen LogP contribution in [-0.4, -0.2) is 10.0 Å². The molecule has 0 aliphatic carbocycles. The van der Waals surface area contributed by atoms with E-state index >= 15 is 0 Å². The van der Waals surface area contributed by atoms with Crippen LogP contribution in [0.1, 0.15) is 5.56 Å². The van der Waals surface area contributed by atoms with Gasteiger partial charge in [0.1, 0.15) is 5.75 Å². The molecular weight excluding hydrogens is 264 g/mol. The van der Waals surface area contributed by atoms with Gasteiger partial charge in [-0.15, -0.1) is 0 Å². The van der Waals surface area contributed by atoms with E-state index in [2.05, 4.69) is 0 Å². The minimum atomic E-state index is -0.510. The van der Waals surface area contributed by atoms with Crippen LogP contribution in [0.4, 0.5) is 5.69 Å². The molecule has 0 aromatic heterocycles. The van der Waals surface area contributed by atoms with Gasteiger partial charge in [-0.3, -0.25) is 10.1 Å². The second kappa shape index (κ2) is 5.42. The minimum absolute atomic E-state index is 0.0455. The summed E-state index contributed by atoms with van der Waals surface area (Å²) in [7, 11) is 0. The molecule has 19 heavy (non-hydrogen) atoms. The zero-order chi connectivity index (χ0) is 13.8. The zero-order valence-corrected chi connectivity index (χ0v) is 10.4. The second-order valence-electron chi connectivity index (χ2n) is 3.62. The second-order valence-corrected chi connectivity index (χ2v) is 4.70. The van der Waals surface area contributed by atoms with Crippen LogP contribution in [0.15, 0.2) is 52.3 Å². The number of hydrogen-bond donors (Lipinski definition) is 1. The van der Waals surface area contributed by atoms with E-state index in [0.29, 0.717) is 15.4 Å². The number of rotatable bonds is 3. The molecule has 0 radical (unpaired) electrons. The van der Waals surface area contributed by atoms with E-state index in [1.807, 2.05) is 6.07 Å². The summed E-state index contributed by atoms with van der Waals surface area (Å²) in [6, 6.07) is 12.6. The van der Waals surface area contributed by atoms with Gasteiger partial charge in [-0.05, 0) is 24.3 Å². The van der Waals surface area contributed by atoms with Gasteiger partial charge in [0.05, 0.1) is 26.3 Å². The number of nitrogens with zero attached hydrogens (tertiary/aromatic N) is 2. The monoisotopic (exact) mass is 272 g/mol. The van der Waals surface area contributed by atoms with Crippen molar-refractivity contribution in [3.05, 3.63) is 58.1 Å². The first-order valence-electron chi connectivity index (χ1n) is 5.26. The van der Waals surface area contributed by atoms with Crippen LogP contribution >= 0.6 is 11.8 Å². The Morgan fingerprint density at radius 1 is 1.21 bits per heavy atom. The van der Waals surface area contributed by atoms with Gasteiger partial charge in [0, 0.05) is 6.07 Å². The van der Waals surface area contributed by atoms with Crippen LogP contribution < -0.4 is 0 Å². The molecule has 2 rings (SSSR count). The molecule has 94 valence electrons. The maximum absolute atomic E-state index is 10.9. The lowest BCUT2D eigenvalue weighted by atomic mass is 10.2. The van der Waals surface area contributed by atoms with Crippen molar-refractivity contribution in [2.24, 2.45) is 0 Å². The number of aromatic hydroxyl groups is 1. The fraction of sp³-hybridized carbons (Fsp3) is 0. The predicted molar refractivity (Wildman–Crippen MR) is 70.0 cm³/mol. The van der Waals surface area contributed by atoms with Crippen molar-refractivity contribution < 1.29 is 10.0 Å². The smallest absolute Gasteiger partial charge is 0.283 e. The third-order valence-electron chi connectivity index (χ3n) is 2.37. The molecule has 0 atom stereocenters. The highest BCUT2D eigenvalue weighted by Crippen LogP contribution is 2.39. The molecule has 2 aromatic carbocycles. The molecule has 0 saturated heterocycles. The summed E-state index contributed by atoms with van der Waals surface area (Å²) >= 11 is 1.06. The Labute approximate surface area is 113 Å². The number of nitriles is 1. The van der Waals surface area contributed by atoms with E-state index in [-0.39, 0.29) is 11.4 Å². The Morgan fingerprint density at radius 3 is 2.58 bits per heavy atom. The quantitative estimate of drug-likeness (QED) is 0.684. The van der Waals surface area contributed by atoms with Gasteiger partial charge in [-0.2, -0.15) is 5.26 Å².